The van der Waals surface area contributed by atoms with Crippen molar-refractivity contribution >= 4 is 24.1 Å². The molecule has 2 N–H and O–H groups in total. The minimum Gasteiger partial charge on any atom is -0.369 e. The third kappa shape index (κ3) is 3.07. The SMILES string of the molecule is C=NC(N)=Nc1cccc(N2CCN(C)CC2)c1. The van der Waals surface area contributed by atoms with E-state index in [0.29, 0.717) is 0 Å². The molecular weight excluding hydrogens is 226 g/mol. The molecule has 5 nitrogen and oxygen atoms in total. The molecule has 5 heteroatoms. The van der Waals surface area contributed by atoms with Gasteiger partial charge in [0, 0.05) is 31.9 Å². The van der Waals surface area contributed by atoms with Crippen LogP contribution >= 0.6 is 0 Å². The van der Waals surface area contributed by atoms with Crippen LogP contribution in [0.25, 0.3) is 0 Å². The van der Waals surface area contributed by atoms with E-state index in [1.807, 2.05) is 18.2 Å². The Morgan fingerprint density at radius 2 is 2.00 bits per heavy atom. The number of benzene rings is 1. The van der Waals surface area contributed by atoms with Gasteiger partial charge in [0.1, 0.15) is 0 Å². The molecule has 0 saturated carbocycles. The number of nitrogens with zero attached hydrogens (tertiary/aromatic N) is 4. The number of hydrogen-bond donors (Lipinski definition) is 1. The van der Waals surface area contributed by atoms with Crippen molar-refractivity contribution in [1.29, 1.82) is 0 Å². The second-order valence-electron chi connectivity index (χ2n) is 4.44. The van der Waals surface area contributed by atoms with Gasteiger partial charge in [-0.3, -0.25) is 0 Å². The van der Waals surface area contributed by atoms with Crippen molar-refractivity contribution in [2.24, 2.45) is 15.7 Å². The van der Waals surface area contributed by atoms with Gasteiger partial charge in [0.15, 0.2) is 0 Å². The van der Waals surface area contributed by atoms with Crippen LogP contribution < -0.4 is 10.6 Å². The molecule has 96 valence electrons. The molecule has 1 saturated heterocycles. The Morgan fingerprint density at radius 1 is 1.28 bits per heavy atom. The van der Waals surface area contributed by atoms with E-state index in [1.54, 1.807) is 0 Å². The fourth-order valence-corrected chi connectivity index (χ4v) is 1.99. The van der Waals surface area contributed by atoms with Crippen LogP contribution in [0.3, 0.4) is 0 Å². The highest BCUT2D eigenvalue weighted by molar-refractivity contribution is 5.85. The van der Waals surface area contributed by atoms with Gasteiger partial charge >= 0.3 is 0 Å². The molecule has 0 amide bonds. The van der Waals surface area contributed by atoms with Crippen LogP contribution in [0.4, 0.5) is 11.4 Å². The molecule has 0 radical (unpaired) electrons. The molecule has 0 unspecified atom stereocenters. The summed E-state index contributed by atoms with van der Waals surface area (Å²) in [5.41, 5.74) is 7.55. The van der Waals surface area contributed by atoms with Crippen molar-refractivity contribution in [2.45, 2.75) is 0 Å². The molecule has 18 heavy (non-hydrogen) atoms. The summed E-state index contributed by atoms with van der Waals surface area (Å²) in [5.74, 6) is 0.200. The zero-order chi connectivity index (χ0) is 13.0. The first-order valence-electron chi connectivity index (χ1n) is 6.03. The van der Waals surface area contributed by atoms with E-state index < -0.39 is 0 Å². The standard InChI is InChI=1S/C13H19N5/c1-15-13(14)16-11-4-3-5-12(10-11)18-8-6-17(2)7-9-18/h3-5,10H,1,6-9H2,2H3,(H2,14,16). The highest BCUT2D eigenvalue weighted by Crippen LogP contribution is 2.22. The molecule has 0 bridgehead atoms. The number of aliphatic imine (C=N–C) groups is 2. The smallest absolute Gasteiger partial charge is 0.219 e. The van der Waals surface area contributed by atoms with Crippen LogP contribution in [0.15, 0.2) is 34.3 Å². The average Bonchev–Trinajstić information content (AvgIpc) is 2.40. The molecule has 0 aromatic heterocycles. The van der Waals surface area contributed by atoms with Crippen molar-refractivity contribution in [3.05, 3.63) is 24.3 Å². The van der Waals surface area contributed by atoms with Crippen molar-refractivity contribution in [3.63, 3.8) is 0 Å². The number of anilines is 1. The van der Waals surface area contributed by atoms with Crippen LogP contribution in [-0.2, 0) is 0 Å². The number of guanidine groups is 1. The summed E-state index contributed by atoms with van der Waals surface area (Å²) in [5, 5.41) is 0. The summed E-state index contributed by atoms with van der Waals surface area (Å²) in [6, 6.07) is 8.03. The average molecular weight is 245 g/mol. The molecular formula is C13H19N5. The fourth-order valence-electron chi connectivity index (χ4n) is 1.99. The van der Waals surface area contributed by atoms with E-state index in [0.717, 1.165) is 31.9 Å². The molecule has 1 aliphatic heterocycles. The normalized spacial score (nSPS) is 17.8. The quantitative estimate of drug-likeness (QED) is 0.626. The van der Waals surface area contributed by atoms with E-state index in [9.17, 15) is 0 Å². The number of likely N-dealkylation sites (N-methyl/N-ethyl adjacent to an activating group) is 1. The Hall–Kier alpha value is -1.88. The van der Waals surface area contributed by atoms with Crippen molar-refractivity contribution < 1.29 is 0 Å². The Kier molecular flexibility index (Phi) is 3.94. The predicted molar refractivity (Wildman–Crippen MR) is 77.0 cm³/mol. The van der Waals surface area contributed by atoms with Gasteiger partial charge in [0.2, 0.25) is 5.96 Å². The van der Waals surface area contributed by atoms with E-state index in [1.165, 1.54) is 5.69 Å². The molecule has 2 rings (SSSR count). The van der Waals surface area contributed by atoms with Crippen molar-refractivity contribution in [1.82, 2.24) is 4.90 Å². The minimum atomic E-state index is 0.200. The largest absolute Gasteiger partial charge is 0.369 e. The summed E-state index contributed by atoms with van der Waals surface area (Å²) < 4.78 is 0. The van der Waals surface area contributed by atoms with Gasteiger partial charge in [0.05, 0.1) is 5.69 Å². The Bertz CT molecular complexity index is 446. The van der Waals surface area contributed by atoms with Gasteiger partial charge in [-0.15, -0.1) is 0 Å². The van der Waals surface area contributed by atoms with Crippen LogP contribution in [0.2, 0.25) is 0 Å². The fraction of sp³-hybridized carbons (Fsp3) is 0.385. The van der Waals surface area contributed by atoms with Crippen molar-refractivity contribution in [3.8, 4) is 0 Å². The topological polar surface area (TPSA) is 57.2 Å². The zero-order valence-corrected chi connectivity index (χ0v) is 10.7. The third-order valence-corrected chi connectivity index (χ3v) is 3.10. The molecule has 0 atom stereocenters. The number of hydrogen-bond acceptors (Lipinski definition) is 3. The second kappa shape index (κ2) is 5.64. The summed E-state index contributed by atoms with van der Waals surface area (Å²) in [6.45, 7) is 7.61. The lowest BCUT2D eigenvalue weighted by atomic mass is 10.2. The van der Waals surface area contributed by atoms with E-state index in [2.05, 4.69) is 39.6 Å². The number of piperazine rings is 1. The highest BCUT2D eigenvalue weighted by atomic mass is 15.2. The van der Waals surface area contributed by atoms with E-state index in [4.69, 9.17) is 5.73 Å². The minimum absolute atomic E-state index is 0.200. The van der Waals surface area contributed by atoms with Crippen LogP contribution in [0.5, 0.6) is 0 Å². The summed E-state index contributed by atoms with van der Waals surface area (Å²) in [4.78, 5) is 12.5. The molecule has 1 aromatic rings. The van der Waals surface area contributed by atoms with Gasteiger partial charge in [-0.05, 0) is 32.0 Å². The molecule has 1 aromatic carbocycles. The maximum Gasteiger partial charge on any atom is 0.219 e. The van der Waals surface area contributed by atoms with Crippen molar-refractivity contribution in [2.75, 3.05) is 38.1 Å². The molecule has 0 aliphatic carbocycles. The van der Waals surface area contributed by atoms with E-state index >= 15 is 0 Å². The second-order valence-corrected chi connectivity index (χ2v) is 4.44. The molecule has 0 spiro atoms. The first kappa shape index (κ1) is 12.6. The van der Waals surface area contributed by atoms with Gasteiger partial charge in [-0.1, -0.05) is 6.07 Å². The summed E-state index contributed by atoms with van der Waals surface area (Å²) >= 11 is 0. The first-order chi connectivity index (χ1) is 8.69. The zero-order valence-electron chi connectivity index (χ0n) is 10.7. The van der Waals surface area contributed by atoms with E-state index in [-0.39, 0.29) is 5.96 Å². The predicted octanol–water partition coefficient (Wildman–Crippen LogP) is 1.09. The third-order valence-electron chi connectivity index (χ3n) is 3.10. The summed E-state index contributed by atoms with van der Waals surface area (Å²) in [7, 11) is 2.15. The van der Waals surface area contributed by atoms with Gasteiger partial charge in [-0.25, -0.2) is 9.98 Å². The summed E-state index contributed by atoms with van der Waals surface area (Å²) in [6.07, 6.45) is 0. The maximum atomic E-state index is 5.55. The molecule has 1 heterocycles. The van der Waals surface area contributed by atoms with Crippen LogP contribution in [0.1, 0.15) is 0 Å². The lowest BCUT2D eigenvalue weighted by molar-refractivity contribution is 0.313. The van der Waals surface area contributed by atoms with Gasteiger partial charge in [-0.2, -0.15) is 0 Å². The van der Waals surface area contributed by atoms with Gasteiger partial charge in [0.25, 0.3) is 0 Å². The first-order valence-corrected chi connectivity index (χ1v) is 6.03. The molecule has 1 fully saturated rings. The molecule has 1 aliphatic rings. The number of nitrogens with two attached hydrogens (primary N) is 1. The lowest BCUT2D eigenvalue weighted by Crippen LogP contribution is -2.44. The Morgan fingerprint density at radius 3 is 2.67 bits per heavy atom. The van der Waals surface area contributed by atoms with Crippen LogP contribution in [0, 0.1) is 0 Å². The van der Waals surface area contributed by atoms with Crippen LogP contribution in [-0.4, -0.2) is 50.8 Å². The highest BCUT2D eigenvalue weighted by Gasteiger charge is 2.14. The Labute approximate surface area is 108 Å². The Balaban J connectivity index is 2.14. The number of rotatable bonds is 2. The lowest BCUT2D eigenvalue weighted by Gasteiger charge is -2.34. The maximum absolute atomic E-state index is 5.55. The van der Waals surface area contributed by atoms with Gasteiger partial charge < -0.3 is 15.5 Å². The monoisotopic (exact) mass is 245 g/mol.